The summed E-state index contributed by atoms with van der Waals surface area (Å²) in [5.41, 5.74) is 19.1. The predicted molar refractivity (Wildman–Crippen MR) is 403 cm³/mol. The molecule has 0 spiro atoms. The van der Waals surface area contributed by atoms with E-state index in [1.165, 1.54) is 18.6 Å². The van der Waals surface area contributed by atoms with Crippen molar-refractivity contribution in [3.8, 4) is 67.2 Å². The van der Waals surface area contributed by atoms with Crippen molar-refractivity contribution >= 4 is 101 Å². The molecule has 0 saturated heterocycles. The molecule has 498 valence electrons. The van der Waals surface area contributed by atoms with Crippen LogP contribution in [0.4, 0.5) is 22.7 Å². The van der Waals surface area contributed by atoms with Crippen LogP contribution in [-0.4, -0.2) is 79.9 Å². The van der Waals surface area contributed by atoms with Gasteiger partial charge < -0.3 is 49.5 Å². The molecule has 20 nitrogen and oxygen atoms in total. The van der Waals surface area contributed by atoms with Crippen LogP contribution in [0.15, 0.2) is 220 Å². The molecule has 0 unspecified atom stereocenters. The smallest absolute Gasteiger partial charge is 0.657 e. The molecule has 0 atom stereocenters. The monoisotopic (exact) mass is 1420 g/mol. The van der Waals surface area contributed by atoms with Crippen LogP contribution in [0.25, 0.3) is 102 Å². The van der Waals surface area contributed by atoms with Crippen LogP contribution in [0.3, 0.4) is 0 Å². The largest absolute Gasteiger partial charge is 2.00 e. The van der Waals surface area contributed by atoms with Crippen molar-refractivity contribution in [1.29, 1.82) is 0 Å². The van der Waals surface area contributed by atoms with E-state index in [1.54, 1.807) is 66.2 Å². The molecule has 15 rings (SSSR count). The molecule has 4 N–H and O–H groups in total. The van der Waals surface area contributed by atoms with E-state index in [9.17, 15) is 19.2 Å². The predicted octanol–water partition coefficient (Wildman–Crippen LogP) is 14.9. The maximum atomic E-state index is 15.0. The molecule has 2 aliphatic heterocycles. The first-order chi connectivity index (χ1) is 49.5. The third-order valence-electron chi connectivity index (χ3n) is 17.6. The first kappa shape index (κ1) is 67.2. The Morgan fingerprint density at radius 3 is 1.17 bits per heavy atom. The van der Waals surface area contributed by atoms with Crippen molar-refractivity contribution in [2.75, 3.05) is 21.3 Å². The number of nitrogens with one attached hydrogen (secondary N) is 4. The summed E-state index contributed by atoms with van der Waals surface area (Å²) in [6.07, 6.45) is 20.5. The summed E-state index contributed by atoms with van der Waals surface area (Å²) >= 11 is 0. The summed E-state index contributed by atoms with van der Waals surface area (Å²) in [5, 5.41) is 12.8. The summed E-state index contributed by atoms with van der Waals surface area (Å²) in [4.78, 5) is 97.0. The molecule has 6 aromatic carbocycles. The van der Waals surface area contributed by atoms with E-state index in [4.69, 9.17) is 19.9 Å². The number of aromatic nitrogens is 12. The van der Waals surface area contributed by atoms with E-state index in [-0.39, 0.29) is 43.1 Å². The zero-order chi connectivity index (χ0) is 70.2. The maximum Gasteiger partial charge on any atom is 2.00 e. The molecule has 0 radical (unpaired) electrons. The standard InChI is InChI=1S/C81H66N16O4Si.Zn/c1-94-46-82-42-71(94)79(99)91-59-23-12-8-19-55(59)75-64-32-30-62(86-64)74(54-18-7-11-22-58(54)90-78(98)53-17-15-16-51(40-53)45-97-49-85-41-70(97)52-28-26-50(27-29-52)38-39-102(4,5)6)63-31-33-65(87-63)76(56-20-9-13-24-60(56)92-80(100)72-43-83-47-95(72)2)67-35-37-69(89-67)77(68-36-34-66(75)88-68)57-21-10-14-25-61(57)93-81(101)73-44-84-48-96(73)3;/h7-37,40-44,46-49H,45H2,1-6H3,(H6,86,87,88,89,90,91,92,93,98,99,100,101);/q;+2/p-2. The van der Waals surface area contributed by atoms with Crippen LogP contribution in [0.2, 0.25) is 19.6 Å². The summed E-state index contributed by atoms with van der Waals surface area (Å²) in [6.45, 7) is 7.13. The molecule has 13 aromatic rings. The van der Waals surface area contributed by atoms with Gasteiger partial charge in [-0.1, -0.05) is 147 Å². The van der Waals surface area contributed by atoms with Crippen LogP contribution < -0.4 is 31.2 Å². The van der Waals surface area contributed by atoms with Crippen molar-refractivity contribution in [2.45, 2.75) is 26.2 Å². The Kier molecular flexibility index (Phi) is 18.5. The number of benzene rings is 6. The fraction of sp³-hybridized carbons (Fsp3) is 0.0864. The normalized spacial score (nSPS) is 11.6. The van der Waals surface area contributed by atoms with Gasteiger partial charge in [0.05, 0.1) is 78.6 Å². The molecule has 2 aliphatic rings. The number of nitrogens with zero attached hydrogens (tertiary/aromatic N) is 12. The number of aryl methyl sites for hydroxylation is 3. The Bertz CT molecular complexity index is 5750. The quantitative estimate of drug-likeness (QED) is 0.0553. The van der Waals surface area contributed by atoms with E-state index in [0.717, 1.165) is 22.4 Å². The van der Waals surface area contributed by atoms with E-state index in [1.807, 2.05) is 182 Å². The van der Waals surface area contributed by atoms with Crippen LogP contribution in [0.5, 0.6) is 0 Å². The molecule has 0 saturated carbocycles. The molecule has 103 heavy (non-hydrogen) atoms. The Morgan fingerprint density at radius 1 is 0.427 bits per heavy atom. The number of anilines is 4. The van der Waals surface area contributed by atoms with Crippen LogP contribution >= 0.6 is 0 Å². The molecular formula is C81H64N16O4SiZn. The fourth-order valence-electron chi connectivity index (χ4n) is 12.6. The Labute approximate surface area is 606 Å². The topological polar surface area (TPSA) is 242 Å². The van der Waals surface area contributed by atoms with Gasteiger partial charge in [0.2, 0.25) is 0 Å². The van der Waals surface area contributed by atoms with Gasteiger partial charge in [-0.05, 0) is 106 Å². The van der Waals surface area contributed by atoms with Gasteiger partial charge >= 0.3 is 19.5 Å². The number of hydrogen-bond donors (Lipinski definition) is 4. The van der Waals surface area contributed by atoms with Gasteiger partial charge in [-0.25, -0.2) is 29.9 Å². The summed E-state index contributed by atoms with van der Waals surface area (Å²) < 4.78 is 7.01. The van der Waals surface area contributed by atoms with Gasteiger partial charge in [0.1, 0.15) is 25.2 Å². The van der Waals surface area contributed by atoms with Crippen LogP contribution in [-0.2, 0) is 47.2 Å². The number of para-hydroxylation sites is 4. The average Bonchev–Trinajstić information content (AvgIpc) is 1.62. The van der Waals surface area contributed by atoms with Gasteiger partial charge in [0.25, 0.3) is 23.6 Å². The minimum atomic E-state index is -1.56. The van der Waals surface area contributed by atoms with Gasteiger partial charge in [-0.15, -0.1) is 27.6 Å². The van der Waals surface area contributed by atoms with Crippen LogP contribution in [0, 0.1) is 11.5 Å². The van der Waals surface area contributed by atoms with Crippen molar-refractivity contribution in [3.63, 3.8) is 0 Å². The zero-order valence-corrected chi connectivity index (χ0v) is 61.0. The van der Waals surface area contributed by atoms with Crippen LogP contribution in [0.1, 0.15) is 75.7 Å². The second-order valence-electron chi connectivity index (χ2n) is 25.7. The van der Waals surface area contributed by atoms with E-state index < -0.39 is 8.07 Å². The molecule has 0 aliphatic carbocycles. The average molecular weight is 1420 g/mol. The van der Waals surface area contributed by atoms with Gasteiger partial charge in [0, 0.05) is 83.8 Å². The van der Waals surface area contributed by atoms with Gasteiger partial charge in [-0.3, -0.25) is 19.2 Å². The number of carbonyl (C=O) groups excluding carboxylic acids is 4. The fourth-order valence-corrected chi connectivity index (χ4v) is 13.1. The second-order valence-corrected chi connectivity index (χ2v) is 30.5. The third kappa shape index (κ3) is 13.8. The third-order valence-corrected chi connectivity index (χ3v) is 18.4. The van der Waals surface area contributed by atoms with E-state index >= 15 is 0 Å². The number of rotatable bonds is 15. The van der Waals surface area contributed by atoms with Gasteiger partial charge in [-0.2, -0.15) is 0 Å². The van der Waals surface area contributed by atoms with Crippen molar-refractivity contribution in [1.82, 2.24) is 58.1 Å². The van der Waals surface area contributed by atoms with Crippen molar-refractivity contribution < 1.29 is 38.7 Å². The number of amides is 4. The first-order valence-corrected chi connectivity index (χ1v) is 36.4. The molecule has 0 fully saturated rings. The Morgan fingerprint density at radius 2 is 0.796 bits per heavy atom. The van der Waals surface area contributed by atoms with Gasteiger partial charge in [0.15, 0.2) is 0 Å². The molecular weight excluding hydrogens is 1350 g/mol. The van der Waals surface area contributed by atoms with Crippen molar-refractivity contribution in [3.05, 3.63) is 277 Å². The van der Waals surface area contributed by atoms with E-state index in [2.05, 4.69) is 89.0 Å². The Hall–Kier alpha value is -13.0. The number of imidazole rings is 4. The first-order valence-electron chi connectivity index (χ1n) is 32.9. The maximum absolute atomic E-state index is 15.0. The summed E-state index contributed by atoms with van der Waals surface area (Å²) in [7, 11) is 3.70. The van der Waals surface area contributed by atoms with E-state index in [0.29, 0.717) is 141 Å². The molecule has 7 aromatic heterocycles. The minimum Gasteiger partial charge on any atom is -0.657 e. The number of fused-ring (bicyclic) bond motifs is 8. The Balaban J connectivity index is 0.00000897. The second kappa shape index (κ2) is 28.3. The molecule has 8 bridgehead atoms. The summed E-state index contributed by atoms with van der Waals surface area (Å²) in [5.74, 6) is 1.84. The zero-order valence-electron chi connectivity index (χ0n) is 57.0. The molecule has 22 heteroatoms. The van der Waals surface area contributed by atoms with Crippen molar-refractivity contribution in [2.24, 2.45) is 21.1 Å². The minimum absolute atomic E-state index is 0. The molecule has 4 amide bonds. The SMILES string of the molecule is Cn1cncc1C(=O)Nc1ccccc1-c1c2nc(c(-c3ccccc3NC(=O)c3cncn3C)c3ccc([n-]3)c(-c3ccccc3NC(=O)c3cncn3C)c3nc(c(-c4ccccc4NC(=O)c4cccc(Cn5cncc5-c5ccc(C#C[Si](C)(C)C)cc5)c4)c4ccc1[n-]4)C=C3)C=C2.[Zn+2]. The number of carbonyl (C=O) groups is 4. The summed E-state index contributed by atoms with van der Waals surface area (Å²) in [6, 6.07) is 53.4. The molecule has 9 heterocycles. The number of hydrogen-bond acceptors (Lipinski definition) is 10.